The number of hydrogen-bond donors (Lipinski definition) is 4. The van der Waals surface area contributed by atoms with Crippen LogP contribution in [0.5, 0.6) is 5.75 Å². The molecule has 35 heavy (non-hydrogen) atoms. The molecule has 10 heteroatoms. The molecule has 3 aromatic rings. The summed E-state index contributed by atoms with van der Waals surface area (Å²) in [6, 6.07) is 10.3. The summed E-state index contributed by atoms with van der Waals surface area (Å²) in [5.41, 5.74) is 6.53. The van der Waals surface area contributed by atoms with E-state index >= 15 is 0 Å². The quantitative estimate of drug-likeness (QED) is 0.329. The maximum Gasteiger partial charge on any atom is 0.276 e. The fraction of sp³-hybridized carbons (Fsp3) is 0.360. The molecule has 1 saturated carbocycles. The van der Waals surface area contributed by atoms with Gasteiger partial charge in [0.25, 0.3) is 5.91 Å². The van der Waals surface area contributed by atoms with Gasteiger partial charge in [0.1, 0.15) is 11.8 Å². The van der Waals surface area contributed by atoms with Crippen molar-refractivity contribution in [3.63, 3.8) is 0 Å². The number of H-pyrrole nitrogens is 1. The maximum absolute atomic E-state index is 12.9. The lowest BCUT2D eigenvalue weighted by Gasteiger charge is -2.28. The van der Waals surface area contributed by atoms with Crippen LogP contribution in [0, 0.1) is 13.8 Å². The maximum atomic E-state index is 12.9. The van der Waals surface area contributed by atoms with Gasteiger partial charge in [0.2, 0.25) is 5.78 Å². The van der Waals surface area contributed by atoms with Gasteiger partial charge in [-0.2, -0.15) is 5.10 Å². The number of tetrazole rings is 1. The minimum atomic E-state index is -0.771. The number of ketones is 1. The van der Waals surface area contributed by atoms with Crippen LogP contribution in [0.15, 0.2) is 41.5 Å². The molecule has 3 atom stereocenters. The fourth-order valence-electron chi connectivity index (χ4n) is 4.96. The molecule has 2 aromatic carbocycles. The van der Waals surface area contributed by atoms with E-state index in [0.29, 0.717) is 5.69 Å². The molecular weight excluding hydrogens is 446 g/mol. The average molecular weight is 474 g/mol. The van der Waals surface area contributed by atoms with Crippen molar-refractivity contribution >= 4 is 23.1 Å². The molecule has 4 N–H and O–H groups in total. The molecule has 0 radical (unpaired) electrons. The predicted octanol–water partition coefficient (Wildman–Crippen LogP) is 3.17. The number of anilines is 1. The number of nitrogens with zero attached hydrogens (tertiary/aromatic N) is 4. The smallest absolute Gasteiger partial charge is 0.276 e. The molecule has 0 spiro atoms. The van der Waals surface area contributed by atoms with Gasteiger partial charge in [0.05, 0.1) is 5.69 Å². The van der Waals surface area contributed by atoms with Crippen molar-refractivity contribution in [2.45, 2.75) is 57.4 Å². The Labute approximate surface area is 202 Å². The van der Waals surface area contributed by atoms with Crippen molar-refractivity contribution in [1.82, 2.24) is 25.9 Å². The van der Waals surface area contributed by atoms with E-state index in [0.717, 1.165) is 53.8 Å². The van der Waals surface area contributed by atoms with Crippen molar-refractivity contribution in [1.29, 1.82) is 0 Å². The lowest BCUT2D eigenvalue weighted by Crippen LogP contribution is -2.22. The van der Waals surface area contributed by atoms with Gasteiger partial charge in [0.15, 0.2) is 11.5 Å². The highest BCUT2D eigenvalue weighted by Gasteiger charge is 2.39. The van der Waals surface area contributed by atoms with Gasteiger partial charge >= 0.3 is 0 Å². The SMILES string of the molecule is Cc1ccc(C2NC(=O)C(=NNc3cccc(C4CCCC(c5nnn[nH]5)C4)c3O)C2=O)cc1C. The number of carbonyl (C=O) groups is 2. The van der Waals surface area contributed by atoms with E-state index in [4.69, 9.17) is 0 Å². The van der Waals surface area contributed by atoms with Crippen molar-refractivity contribution in [3.8, 4) is 5.75 Å². The highest BCUT2D eigenvalue weighted by molar-refractivity contribution is 6.69. The molecular formula is C25H27N7O3. The number of nitrogens with one attached hydrogen (secondary N) is 3. The summed E-state index contributed by atoms with van der Waals surface area (Å²) in [6.45, 7) is 3.95. The molecule has 1 aliphatic carbocycles. The summed E-state index contributed by atoms with van der Waals surface area (Å²) in [5.74, 6) is 0.198. The van der Waals surface area contributed by atoms with Crippen molar-refractivity contribution in [3.05, 3.63) is 64.5 Å². The van der Waals surface area contributed by atoms with Crippen LogP contribution < -0.4 is 10.7 Å². The molecule has 3 unspecified atom stereocenters. The third-order valence-electron chi connectivity index (χ3n) is 7.07. The summed E-state index contributed by atoms with van der Waals surface area (Å²) in [7, 11) is 0. The van der Waals surface area contributed by atoms with E-state index in [1.165, 1.54) is 0 Å². The Kier molecular flexibility index (Phi) is 6.02. The number of rotatable bonds is 5. The molecule has 5 rings (SSSR count). The molecule has 1 aliphatic heterocycles. The third-order valence-corrected chi connectivity index (χ3v) is 7.07. The van der Waals surface area contributed by atoms with Crippen LogP contribution in [0.2, 0.25) is 0 Å². The van der Waals surface area contributed by atoms with Gasteiger partial charge in [-0.25, -0.2) is 5.10 Å². The Hall–Kier alpha value is -4.08. The van der Waals surface area contributed by atoms with Crippen molar-refractivity contribution < 1.29 is 14.7 Å². The molecule has 1 saturated heterocycles. The number of aromatic nitrogens is 4. The second-order valence-electron chi connectivity index (χ2n) is 9.28. The zero-order chi connectivity index (χ0) is 24.5. The highest BCUT2D eigenvalue weighted by Crippen LogP contribution is 2.44. The lowest BCUT2D eigenvalue weighted by atomic mass is 9.77. The Morgan fingerprint density at radius 1 is 1.09 bits per heavy atom. The average Bonchev–Trinajstić information content (AvgIpc) is 3.49. The molecule has 10 nitrogen and oxygen atoms in total. The van der Waals surface area contributed by atoms with E-state index < -0.39 is 17.7 Å². The third kappa shape index (κ3) is 4.39. The van der Waals surface area contributed by atoms with E-state index in [1.54, 1.807) is 6.07 Å². The van der Waals surface area contributed by atoms with E-state index in [-0.39, 0.29) is 23.3 Å². The van der Waals surface area contributed by atoms with Crippen LogP contribution in [0.25, 0.3) is 0 Å². The van der Waals surface area contributed by atoms with E-state index in [1.807, 2.05) is 44.2 Å². The van der Waals surface area contributed by atoms with Gasteiger partial charge in [0, 0.05) is 5.92 Å². The van der Waals surface area contributed by atoms with Gasteiger partial charge < -0.3 is 10.4 Å². The number of para-hydroxylation sites is 1. The Morgan fingerprint density at radius 2 is 1.91 bits per heavy atom. The molecule has 180 valence electrons. The molecule has 2 heterocycles. The topological polar surface area (TPSA) is 145 Å². The number of amides is 1. The largest absolute Gasteiger partial charge is 0.505 e. The summed E-state index contributed by atoms with van der Waals surface area (Å²) in [5, 5.41) is 32.0. The van der Waals surface area contributed by atoms with Gasteiger partial charge in [-0.1, -0.05) is 36.8 Å². The number of benzene rings is 2. The Balaban J connectivity index is 1.34. The molecule has 0 bridgehead atoms. The number of phenolic OH excluding ortho intramolecular Hbond substituents is 1. The number of aromatic amines is 1. The lowest BCUT2D eigenvalue weighted by molar-refractivity contribution is -0.115. The number of hydrazone groups is 1. The minimum Gasteiger partial charge on any atom is -0.505 e. The first-order valence-electron chi connectivity index (χ1n) is 11.7. The van der Waals surface area contributed by atoms with Crippen LogP contribution in [-0.2, 0) is 9.59 Å². The summed E-state index contributed by atoms with van der Waals surface area (Å²) < 4.78 is 0. The van der Waals surface area contributed by atoms with Gasteiger partial charge in [-0.05, 0) is 77.8 Å². The van der Waals surface area contributed by atoms with Crippen LogP contribution >= 0.6 is 0 Å². The molecule has 2 aliphatic rings. The number of carbonyl (C=O) groups excluding carboxylic acids is 2. The second-order valence-corrected chi connectivity index (χ2v) is 9.28. The first kappa shape index (κ1) is 22.7. The number of aromatic hydroxyl groups is 1. The van der Waals surface area contributed by atoms with Crippen LogP contribution in [0.1, 0.15) is 71.6 Å². The minimum absolute atomic E-state index is 0.0646. The number of aryl methyl sites for hydroxylation is 2. The normalized spacial score (nSPS) is 23.5. The zero-order valence-corrected chi connectivity index (χ0v) is 19.6. The molecule has 2 fully saturated rings. The van der Waals surface area contributed by atoms with Crippen LogP contribution in [-0.4, -0.2) is 43.1 Å². The Morgan fingerprint density at radius 3 is 2.69 bits per heavy atom. The van der Waals surface area contributed by atoms with Crippen molar-refractivity contribution in [2.75, 3.05) is 5.43 Å². The monoisotopic (exact) mass is 473 g/mol. The molecule has 1 aromatic heterocycles. The van der Waals surface area contributed by atoms with E-state index in [2.05, 4.69) is 36.5 Å². The number of phenols is 1. The standard InChI is InChI=1S/C25H27N7O3/c1-13-9-10-16(11-14(13)2)20-23(34)21(25(35)26-20)28-27-19-8-4-7-18(22(19)33)15-5-3-6-17(12-15)24-29-31-32-30-24/h4,7-11,15,17,20,27,33H,3,5-6,12H2,1-2H3,(H,26,35)(H,29,30,31,32). The van der Waals surface area contributed by atoms with Gasteiger partial charge in [-0.15, -0.1) is 5.10 Å². The Bertz CT molecular complexity index is 1300. The number of hydrogen-bond acceptors (Lipinski definition) is 8. The van der Waals surface area contributed by atoms with Crippen molar-refractivity contribution in [2.24, 2.45) is 5.10 Å². The van der Waals surface area contributed by atoms with Crippen LogP contribution in [0.3, 0.4) is 0 Å². The van der Waals surface area contributed by atoms with Crippen LogP contribution in [0.4, 0.5) is 5.69 Å². The first-order valence-corrected chi connectivity index (χ1v) is 11.7. The van der Waals surface area contributed by atoms with E-state index in [9.17, 15) is 14.7 Å². The zero-order valence-electron chi connectivity index (χ0n) is 19.6. The highest BCUT2D eigenvalue weighted by atomic mass is 16.3. The summed E-state index contributed by atoms with van der Waals surface area (Å²) >= 11 is 0. The summed E-state index contributed by atoms with van der Waals surface area (Å²) in [6.07, 6.45) is 3.71. The molecule has 1 amide bonds. The first-order chi connectivity index (χ1) is 16.9. The summed E-state index contributed by atoms with van der Waals surface area (Å²) in [4.78, 5) is 25.5. The fourth-order valence-corrected chi connectivity index (χ4v) is 4.96. The number of Topliss-reactive ketones (excluding diaryl/α,β-unsaturated/α-hetero) is 1. The van der Waals surface area contributed by atoms with Gasteiger partial charge in [-0.3, -0.25) is 15.0 Å². The second kappa shape index (κ2) is 9.28. The predicted molar refractivity (Wildman–Crippen MR) is 129 cm³/mol.